The lowest BCUT2D eigenvalue weighted by Gasteiger charge is -2.06. The van der Waals surface area contributed by atoms with E-state index < -0.39 is 18.0 Å². The lowest BCUT2D eigenvalue weighted by atomic mass is 10.1. The number of benzene rings is 1. The molecule has 168 valence electrons. The van der Waals surface area contributed by atoms with Crippen LogP contribution in [0.5, 0.6) is 0 Å². The molecule has 0 radical (unpaired) electrons. The average molecular weight is 448 g/mol. The summed E-state index contributed by atoms with van der Waals surface area (Å²) in [7, 11) is 0. The Morgan fingerprint density at radius 1 is 1.00 bits per heavy atom. The van der Waals surface area contributed by atoms with E-state index in [1.165, 1.54) is 26.2 Å². The summed E-state index contributed by atoms with van der Waals surface area (Å²) in [5, 5.41) is 12.0. The van der Waals surface area contributed by atoms with Crippen LogP contribution in [0.2, 0.25) is 0 Å². The molecule has 0 bridgehead atoms. The van der Waals surface area contributed by atoms with E-state index in [0.29, 0.717) is 0 Å². The number of hydrogen-bond donors (Lipinski definition) is 2. The van der Waals surface area contributed by atoms with Crippen molar-refractivity contribution >= 4 is 34.4 Å². The molecule has 0 aliphatic rings. The molecule has 1 aromatic heterocycles. The topological polar surface area (TPSA) is 102 Å². The molecule has 0 aliphatic carbocycles. The summed E-state index contributed by atoms with van der Waals surface area (Å²) < 4.78 is 10.5. The maximum Gasteiger partial charge on any atom is 0.412 e. The summed E-state index contributed by atoms with van der Waals surface area (Å²) in [6.07, 6.45) is 5.61. The summed E-state index contributed by atoms with van der Waals surface area (Å²) in [6.45, 7) is 4.02. The summed E-state index contributed by atoms with van der Waals surface area (Å²) in [6, 6.07) is 9.12. The number of anilines is 1. The van der Waals surface area contributed by atoms with Crippen molar-refractivity contribution < 1.29 is 29.0 Å². The first-order valence-electron chi connectivity index (χ1n) is 10.5. The van der Waals surface area contributed by atoms with Crippen molar-refractivity contribution in [1.82, 2.24) is 0 Å². The minimum absolute atomic E-state index is 0.0482. The van der Waals surface area contributed by atoms with Crippen LogP contribution >= 0.6 is 11.3 Å². The highest BCUT2D eigenvalue weighted by molar-refractivity contribution is 7.18. The fourth-order valence-electron chi connectivity index (χ4n) is 3.02. The Bertz CT molecular complexity index is 878. The Kier molecular flexibility index (Phi) is 10.0. The predicted molar refractivity (Wildman–Crippen MR) is 120 cm³/mol. The molecule has 1 heterocycles. The highest BCUT2D eigenvalue weighted by Crippen LogP contribution is 2.34. The van der Waals surface area contributed by atoms with Crippen LogP contribution in [0.1, 0.15) is 76.6 Å². The zero-order valence-corrected chi connectivity index (χ0v) is 18.8. The van der Waals surface area contributed by atoms with Gasteiger partial charge in [0.15, 0.2) is 0 Å². The number of carbonyl (C=O) groups excluding carboxylic acids is 2. The number of rotatable bonds is 12. The van der Waals surface area contributed by atoms with Crippen molar-refractivity contribution in [3.63, 3.8) is 0 Å². The Morgan fingerprint density at radius 2 is 1.68 bits per heavy atom. The van der Waals surface area contributed by atoms with E-state index in [9.17, 15) is 19.5 Å². The van der Waals surface area contributed by atoms with Crippen molar-refractivity contribution in [3.8, 4) is 0 Å². The van der Waals surface area contributed by atoms with Crippen molar-refractivity contribution in [2.75, 3.05) is 11.9 Å². The standard InChI is InChI=1S/C23H29NO6S/c1-3-4-5-6-7-11-14-29-22(27)19-16(2)18(21(25)26)20(31-19)24-23(28)30-15-17-12-9-8-10-13-17/h8-10,12-13H,3-7,11,14-15H2,1-2H3,(H,24,28)(H,25,26). The van der Waals surface area contributed by atoms with Gasteiger partial charge < -0.3 is 14.6 Å². The van der Waals surface area contributed by atoms with Gasteiger partial charge in [-0.1, -0.05) is 69.4 Å². The Labute approximate surface area is 186 Å². The van der Waals surface area contributed by atoms with E-state index in [0.717, 1.165) is 36.2 Å². The van der Waals surface area contributed by atoms with Gasteiger partial charge in [-0.2, -0.15) is 0 Å². The summed E-state index contributed by atoms with van der Waals surface area (Å²) in [4.78, 5) is 36.4. The Hall–Kier alpha value is -2.87. The highest BCUT2D eigenvalue weighted by atomic mass is 32.1. The van der Waals surface area contributed by atoms with Gasteiger partial charge in [-0.3, -0.25) is 5.32 Å². The second-order valence-electron chi connectivity index (χ2n) is 7.16. The van der Waals surface area contributed by atoms with Crippen LogP contribution in [-0.2, 0) is 16.1 Å². The first kappa shape index (κ1) is 24.4. The fraction of sp³-hybridized carbons (Fsp3) is 0.435. The number of unbranched alkanes of at least 4 members (excludes halogenated alkanes) is 5. The Morgan fingerprint density at radius 3 is 2.35 bits per heavy atom. The molecule has 0 unspecified atom stereocenters. The van der Waals surface area contributed by atoms with Gasteiger partial charge in [0.2, 0.25) is 0 Å². The second-order valence-corrected chi connectivity index (χ2v) is 8.18. The van der Waals surface area contributed by atoms with E-state index in [1.54, 1.807) is 0 Å². The molecular weight excluding hydrogens is 418 g/mol. The van der Waals surface area contributed by atoms with Crippen molar-refractivity contribution in [3.05, 3.63) is 51.9 Å². The maximum atomic E-state index is 12.4. The maximum absolute atomic E-state index is 12.4. The van der Waals surface area contributed by atoms with Gasteiger partial charge in [-0.25, -0.2) is 14.4 Å². The zero-order chi connectivity index (χ0) is 22.6. The molecular formula is C23H29NO6S. The minimum Gasteiger partial charge on any atom is -0.478 e. The molecule has 2 N–H and O–H groups in total. The van der Waals surface area contributed by atoms with E-state index in [2.05, 4.69) is 12.2 Å². The molecule has 7 nitrogen and oxygen atoms in total. The lowest BCUT2D eigenvalue weighted by Crippen LogP contribution is -2.14. The highest BCUT2D eigenvalue weighted by Gasteiger charge is 2.26. The average Bonchev–Trinajstić information content (AvgIpc) is 3.08. The summed E-state index contributed by atoms with van der Waals surface area (Å²) >= 11 is 0.880. The van der Waals surface area contributed by atoms with E-state index in [-0.39, 0.29) is 34.2 Å². The fourth-order valence-corrected chi connectivity index (χ4v) is 4.10. The number of nitrogens with one attached hydrogen (secondary N) is 1. The van der Waals surface area contributed by atoms with Crippen LogP contribution < -0.4 is 5.32 Å². The molecule has 31 heavy (non-hydrogen) atoms. The number of carboxylic acids is 1. The molecule has 0 spiro atoms. The minimum atomic E-state index is -1.23. The molecule has 1 amide bonds. The van der Waals surface area contributed by atoms with Crippen molar-refractivity contribution in [1.29, 1.82) is 0 Å². The number of esters is 1. The molecule has 0 fully saturated rings. The normalized spacial score (nSPS) is 10.5. The number of carbonyl (C=O) groups is 3. The Balaban J connectivity index is 1.94. The van der Waals surface area contributed by atoms with Gasteiger partial charge >= 0.3 is 18.0 Å². The lowest BCUT2D eigenvalue weighted by molar-refractivity contribution is 0.0502. The molecule has 8 heteroatoms. The predicted octanol–water partition coefficient (Wildman–Crippen LogP) is 6.02. The third kappa shape index (κ3) is 7.71. The number of thiophene rings is 1. The van der Waals surface area contributed by atoms with E-state index in [4.69, 9.17) is 9.47 Å². The van der Waals surface area contributed by atoms with Gasteiger partial charge in [-0.05, 0) is 24.5 Å². The van der Waals surface area contributed by atoms with Gasteiger partial charge in [-0.15, -0.1) is 11.3 Å². The van der Waals surface area contributed by atoms with Gasteiger partial charge in [0.1, 0.15) is 16.5 Å². The van der Waals surface area contributed by atoms with Gasteiger partial charge in [0.05, 0.1) is 12.2 Å². The largest absolute Gasteiger partial charge is 0.478 e. The second kappa shape index (κ2) is 12.7. The SMILES string of the molecule is CCCCCCCCOC(=O)c1sc(NC(=O)OCc2ccccc2)c(C(=O)O)c1C. The van der Waals surface area contributed by atoms with Crippen LogP contribution in [0, 0.1) is 6.92 Å². The quantitative estimate of drug-likeness (QED) is 0.305. The number of hydrogen-bond acceptors (Lipinski definition) is 6. The van der Waals surface area contributed by atoms with Crippen molar-refractivity contribution in [2.45, 2.75) is 59.0 Å². The zero-order valence-electron chi connectivity index (χ0n) is 17.9. The van der Waals surface area contributed by atoms with Gasteiger partial charge in [0.25, 0.3) is 0 Å². The summed E-state index contributed by atoms with van der Waals surface area (Å²) in [5.74, 6) is -1.81. The molecule has 2 aromatic rings. The first-order chi connectivity index (χ1) is 14.9. The summed E-state index contributed by atoms with van der Waals surface area (Å²) in [5.41, 5.74) is 0.939. The molecule has 0 saturated carbocycles. The first-order valence-corrected chi connectivity index (χ1v) is 11.3. The number of carboxylic acid groups (broad SMARTS) is 1. The third-order valence-electron chi connectivity index (χ3n) is 4.71. The molecule has 0 aliphatic heterocycles. The molecule has 2 rings (SSSR count). The smallest absolute Gasteiger partial charge is 0.412 e. The number of ether oxygens (including phenoxy) is 2. The molecule has 0 saturated heterocycles. The van der Waals surface area contributed by atoms with Gasteiger partial charge in [0, 0.05) is 0 Å². The number of amides is 1. The van der Waals surface area contributed by atoms with Crippen LogP contribution in [0.4, 0.5) is 9.80 Å². The van der Waals surface area contributed by atoms with Crippen LogP contribution in [0.25, 0.3) is 0 Å². The van der Waals surface area contributed by atoms with Crippen LogP contribution in [0.15, 0.2) is 30.3 Å². The third-order valence-corrected chi connectivity index (χ3v) is 5.89. The van der Waals surface area contributed by atoms with E-state index >= 15 is 0 Å². The van der Waals surface area contributed by atoms with Crippen molar-refractivity contribution in [2.24, 2.45) is 0 Å². The molecule has 1 aromatic carbocycles. The number of aromatic carboxylic acids is 1. The monoisotopic (exact) mass is 447 g/mol. The van der Waals surface area contributed by atoms with Crippen LogP contribution in [-0.4, -0.2) is 29.7 Å². The van der Waals surface area contributed by atoms with Crippen LogP contribution in [0.3, 0.4) is 0 Å². The van der Waals surface area contributed by atoms with E-state index in [1.807, 2.05) is 30.3 Å². The molecule has 0 atom stereocenters.